The minimum absolute atomic E-state index is 0.229. The molecule has 1 aliphatic rings. The van der Waals surface area contributed by atoms with Gasteiger partial charge < -0.3 is 0 Å². The molecule has 1 fully saturated rings. The molecule has 1 aliphatic heterocycles. The fraction of sp³-hybridized carbons (Fsp3) is 0.182. The van der Waals surface area contributed by atoms with Crippen LogP contribution in [0.15, 0.2) is 61.2 Å². The van der Waals surface area contributed by atoms with Crippen molar-refractivity contribution in [1.29, 1.82) is 0 Å². The van der Waals surface area contributed by atoms with Gasteiger partial charge in [-0.1, -0.05) is 54.1 Å². The van der Waals surface area contributed by atoms with E-state index in [9.17, 15) is 9.59 Å². The van der Waals surface area contributed by atoms with Gasteiger partial charge in [0.25, 0.3) is 0 Å². The molecule has 1 atom stereocenters. The molecule has 0 bridgehead atoms. The van der Waals surface area contributed by atoms with Gasteiger partial charge >= 0.3 is 0 Å². The highest BCUT2D eigenvalue weighted by molar-refractivity contribution is 6.34. The van der Waals surface area contributed by atoms with Crippen LogP contribution in [-0.4, -0.2) is 21.8 Å². The predicted octanol–water partition coefficient (Wildman–Crippen LogP) is 3.91. The van der Waals surface area contributed by atoms with Crippen LogP contribution < -0.4 is 5.32 Å². The quantitative estimate of drug-likeness (QED) is 0.684. The number of benzene rings is 2. The van der Waals surface area contributed by atoms with E-state index in [2.05, 4.69) is 27.4 Å². The second-order valence-corrected chi connectivity index (χ2v) is 7.21. The Bertz CT molecular complexity index is 1020. The third-order valence-electron chi connectivity index (χ3n) is 4.93. The van der Waals surface area contributed by atoms with Gasteiger partial charge in [0.15, 0.2) is 0 Å². The van der Waals surface area contributed by atoms with Crippen molar-refractivity contribution in [3.63, 3.8) is 0 Å². The Morgan fingerprint density at radius 1 is 1.00 bits per heavy atom. The molecular weight excluding hydrogens is 374 g/mol. The molecule has 3 aromatic rings. The second kappa shape index (κ2) is 7.90. The first-order valence-corrected chi connectivity index (χ1v) is 9.45. The molecule has 4 rings (SSSR count). The Kier molecular flexibility index (Phi) is 5.17. The van der Waals surface area contributed by atoms with Crippen molar-refractivity contribution in [2.24, 2.45) is 0 Å². The summed E-state index contributed by atoms with van der Waals surface area (Å²) in [6.07, 6.45) is 6.69. The van der Waals surface area contributed by atoms with Crippen molar-refractivity contribution in [3.05, 3.63) is 82.9 Å². The van der Waals surface area contributed by atoms with Crippen molar-refractivity contribution in [2.75, 3.05) is 0 Å². The average Bonchev–Trinajstić information content (AvgIpc) is 2.70. The maximum atomic E-state index is 12.2. The number of hydrogen-bond acceptors (Lipinski definition) is 4. The summed E-state index contributed by atoms with van der Waals surface area (Å²) < 4.78 is 0. The molecule has 28 heavy (non-hydrogen) atoms. The molecule has 2 amide bonds. The lowest BCUT2D eigenvalue weighted by atomic mass is 9.88. The number of nitrogens with zero attached hydrogens (tertiary/aromatic N) is 2. The van der Waals surface area contributed by atoms with Crippen molar-refractivity contribution in [1.82, 2.24) is 15.3 Å². The standard InChI is InChI=1S/C22H18ClN3O2/c23-21-17(2-1-3-18(21)19-8-9-20(27)26-22(19)28)16-6-4-14(5-7-16)10-15-11-24-13-25-12-15/h1-7,11-13,19H,8-10H2,(H,26,27,28). The van der Waals surface area contributed by atoms with Crippen molar-refractivity contribution in [3.8, 4) is 11.1 Å². The van der Waals surface area contributed by atoms with Crippen molar-refractivity contribution < 1.29 is 9.59 Å². The van der Waals surface area contributed by atoms with Crippen LogP contribution in [0.25, 0.3) is 11.1 Å². The normalized spacial score (nSPS) is 16.7. The van der Waals surface area contributed by atoms with Gasteiger partial charge in [0.2, 0.25) is 11.8 Å². The Morgan fingerprint density at radius 3 is 2.46 bits per heavy atom. The molecule has 0 aliphatic carbocycles. The van der Waals surface area contributed by atoms with Crippen LogP contribution in [0, 0.1) is 0 Å². The lowest BCUT2D eigenvalue weighted by Gasteiger charge is -2.23. The van der Waals surface area contributed by atoms with Crippen LogP contribution in [0.5, 0.6) is 0 Å². The second-order valence-electron chi connectivity index (χ2n) is 6.83. The first-order valence-electron chi connectivity index (χ1n) is 9.07. The summed E-state index contributed by atoms with van der Waals surface area (Å²) in [6, 6.07) is 13.8. The number of hydrogen-bond donors (Lipinski definition) is 1. The molecule has 0 radical (unpaired) electrons. The SMILES string of the molecule is O=C1CCC(c2cccc(-c3ccc(Cc4cncnc4)cc3)c2Cl)C(=O)N1. The Morgan fingerprint density at radius 2 is 1.75 bits per heavy atom. The average molecular weight is 392 g/mol. The highest BCUT2D eigenvalue weighted by Gasteiger charge is 2.30. The van der Waals surface area contributed by atoms with E-state index in [0.29, 0.717) is 17.9 Å². The van der Waals surface area contributed by atoms with E-state index in [1.807, 2.05) is 30.3 Å². The van der Waals surface area contributed by atoms with E-state index in [1.54, 1.807) is 12.4 Å². The summed E-state index contributed by atoms with van der Waals surface area (Å²) in [6.45, 7) is 0. The fourth-order valence-corrected chi connectivity index (χ4v) is 3.86. The molecule has 1 aromatic heterocycles. The molecule has 6 heteroatoms. The molecule has 2 heterocycles. The van der Waals surface area contributed by atoms with Gasteiger partial charge in [-0.15, -0.1) is 0 Å². The summed E-state index contributed by atoms with van der Waals surface area (Å²) in [5, 5.41) is 2.95. The molecule has 2 aromatic carbocycles. The summed E-state index contributed by atoms with van der Waals surface area (Å²) in [4.78, 5) is 31.7. The number of imide groups is 1. The lowest BCUT2D eigenvalue weighted by molar-refractivity contribution is -0.134. The van der Waals surface area contributed by atoms with Gasteiger partial charge in [-0.05, 0) is 28.7 Å². The van der Waals surface area contributed by atoms with Crippen molar-refractivity contribution >= 4 is 23.4 Å². The van der Waals surface area contributed by atoms with Gasteiger partial charge in [0.1, 0.15) is 6.33 Å². The number of rotatable bonds is 4. The van der Waals surface area contributed by atoms with Gasteiger partial charge in [0.05, 0.1) is 10.9 Å². The molecule has 0 saturated carbocycles. The zero-order chi connectivity index (χ0) is 19.5. The smallest absolute Gasteiger partial charge is 0.234 e. The van der Waals surface area contributed by atoms with Gasteiger partial charge in [-0.3, -0.25) is 14.9 Å². The number of halogens is 1. The summed E-state index contributed by atoms with van der Waals surface area (Å²) in [5.74, 6) is -0.911. The highest BCUT2D eigenvalue weighted by Crippen LogP contribution is 2.37. The molecular formula is C22H18ClN3O2. The third kappa shape index (κ3) is 3.80. The van der Waals surface area contributed by atoms with E-state index < -0.39 is 5.92 Å². The molecule has 1 N–H and O–H groups in total. The number of carbonyl (C=O) groups excluding carboxylic acids is 2. The van der Waals surface area contributed by atoms with Gasteiger partial charge in [-0.25, -0.2) is 9.97 Å². The number of nitrogens with one attached hydrogen (secondary N) is 1. The molecule has 1 saturated heterocycles. The van der Waals surface area contributed by atoms with Crippen LogP contribution in [0.1, 0.15) is 35.4 Å². The zero-order valence-corrected chi connectivity index (χ0v) is 15.8. The Labute approximate surface area is 167 Å². The lowest BCUT2D eigenvalue weighted by Crippen LogP contribution is -2.39. The molecule has 140 valence electrons. The molecule has 0 spiro atoms. The monoisotopic (exact) mass is 391 g/mol. The largest absolute Gasteiger partial charge is 0.296 e. The van der Waals surface area contributed by atoms with Crippen LogP contribution in [0.2, 0.25) is 5.02 Å². The molecule has 5 nitrogen and oxygen atoms in total. The van der Waals surface area contributed by atoms with Crippen LogP contribution in [-0.2, 0) is 16.0 Å². The highest BCUT2D eigenvalue weighted by atomic mass is 35.5. The summed E-state index contributed by atoms with van der Waals surface area (Å²) in [5.41, 5.74) is 4.81. The summed E-state index contributed by atoms with van der Waals surface area (Å²) >= 11 is 6.67. The topological polar surface area (TPSA) is 72.0 Å². The van der Waals surface area contributed by atoms with Crippen LogP contribution in [0.3, 0.4) is 0 Å². The maximum Gasteiger partial charge on any atom is 0.234 e. The van der Waals surface area contributed by atoms with Crippen LogP contribution in [0.4, 0.5) is 0 Å². The van der Waals surface area contributed by atoms with E-state index >= 15 is 0 Å². The predicted molar refractivity (Wildman–Crippen MR) is 107 cm³/mol. The maximum absolute atomic E-state index is 12.2. The Hall–Kier alpha value is -3.05. The van der Waals surface area contributed by atoms with Crippen LogP contribution >= 0.6 is 11.6 Å². The number of piperidine rings is 1. The third-order valence-corrected chi connectivity index (χ3v) is 5.35. The van der Waals surface area contributed by atoms with Crippen molar-refractivity contribution in [2.45, 2.75) is 25.2 Å². The number of amides is 2. The Balaban J connectivity index is 1.59. The van der Waals surface area contributed by atoms with Gasteiger partial charge in [-0.2, -0.15) is 0 Å². The number of aromatic nitrogens is 2. The van der Waals surface area contributed by atoms with E-state index in [4.69, 9.17) is 11.6 Å². The molecule has 1 unspecified atom stereocenters. The number of carbonyl (C=O) groups is 2. The van der Waals surface area contributed by atoms with E-state index in [0.717, 1.165) is 34.2 Å². The van der Waals surface area contributed by atoms with E-state index in [-0.39, 0.29) is 11.8 Å². The first-order chi connectivity index (χ1) is 13.6. The zero-order valence-electron chi connectivity index (χ0n) is 15.1. The summed E-state index contributed by atoms with van der Waals surface area (Å²) in [7, 11) is 0. The van der Waals surface area contributed by atoms with Gasteiger partial charge in [0, 0.05) is 30.8 Å². The first kappa shape index (κ1) is 18.3. The minimum atomic E-state index is -0.400. The van der Waals surface area contributed by atoms with E-state index in [1.165, 1.54) is 6.33 Å². The minimum Gasteiger partial charge on any atom is -0.296 e. The fourth-order valence-electron chi connectivity index (χ4n) is 3.49.